The molecule has 1 heterocycles. The Labute approximate surface area is 51.2 Å². The summed E-state index contributed by atoms with van der Waals surface area (Å²) in [5.74, 6) is 0. The van der Waals surface area contributed by atoms with E-state index in [-0.39, 0.29) is 0 Å². The fourth-order valence-corrected chi connectivity index (χ4v) is 2.93. The Kier molecular flexibility index (Phi) is 2.17. The molecule has 0 spiro atoms. The third-order valence-corrected chi connectivity index (χ3v) is 3.21. The Morgan fingerprint density at radius 3 is 2.14 bits per heavy atom. The van der Waals surface area contributed by atoms with Crippen molar-refractivity contribution in [1.82, 2.24) is 4.90 Å². The topological polar surface area (TPSA) is 3.24 Å². The number of hydrogen-bond donors (Lipinski definition) is 0. The molecule has 1 nitrogen and oxygen atoms in total. The Morgan fingerprint density at radius 2 is 1.86 bits per heavy atom. The van der Waals surface area contributed by atoms with Gasteiger partial charge in [0.2, 0.25) is 0 Å². The Morgan fingerprint density at radius 1 is 1.29 bits per heavy atom. The SMILES string of the molecule is CN1CC[Se]CC1. The van der Waals surface area contributed by atoms with E-state index in [4.69, 9.17) is 0 Å². The van der Waals surface area contributed by atoms with Crippen LogP contribution in [0, 0.1) is 0 Å². The van der Waals surface area contributed by atoms with Gasteiger partial charge in [-0.25, -0.2) is 0 Å². The zero-order chi connectivity index (χ0) is 5.11. The van der Waals surface area contributed by atoms with Gasteiger partial charge in [-0.15, -0.1) is 0 Å². The molecule has 0 aromatic carbocycles. The maximum atomic E-state index is 2.41. The maximum absolute atomic E-state index is 2.41. The van der Waals surface area contributed by atoms with Crippen LogP contribution in [0.5, 0.6) is 0 Å². The second-order valence-corrected chi connectivity index (χ2v) is 4.49. The van der Waals surface area contributed by atoms with Crippen LogP contribution in [0.2, 0.25) is 10.6 Å². The van der Waals surface area contributed by atoms with Crippen LogP contribution in [0.25, 0.3) is 0 Å². The van der Waals surface area contributed by atoms with Gasteiger partial charge in [-0.05, 0) is 0 Å². The predicted octanol–water partition coefficient (Wildman–Crippen LogP) is 0.473. The minimum atomic E-state index is 0.993. The first-order valence-electron chi connectivity index (χ1n) is 2.66. The van der Waals surface area contributed by atoms with E-state index in [1.807, 2.05) is 0 Å². The Balaban J connectivity index is 2.12. The van der Waals surface area contributed by atoms with E-state index >= 15 is 0 Å². The van der Waals surface area contributed by atoms with Gasteiger partial charge < -0.3 is 0 Å². The molecule has 0 bridgehead atoms. The van der Waals surface area contributed by atoms with Crippen LogP contribution in [-0.2, 0) is 0 Å². The van der Waals surface area contributed by atoms with Gasteiger partial charge in [-0.2, -0.15) is 0 Å². The van der Waals surface area contributed by atoms with E-state index in [0.717, 1.165) is 15.0 Å². The van der Waals surface area contributed by atoms with Gasteiger partial charge >= 0.3 is 50.6 Å². The number of rotatable bonds is 0. The summed E-state index contributed by atoms with van der Waals surface area (Å²) >= 11 is 0.993. The fourth-order valence-electron chi connectivity index (χ4n) is 0.655. The molecule has 0 unspecified atom stereocenters. The summed E-state index contributed by atoms with van der Waals surface area (Å²) in [7, 11) is 2.20. The van der Waals surface area contributed by atoms with Gasteiger partial charge in [0.05, 0.1) is 0 Å². The molecule has 42 valence electrons. The third kappa shape index (κ3) is 1.81. The van der Waals surface area contributed by atoms with Crippen LogP contribution in [0.15, 0.2) is 0 Å². The van der Waals surface area contributed by atoms with Gasteiger partial charge in [0.1, 0.15) is 0 Å². The average molecular weight is 164 g/mol. The molecule has 2 heteroatoms. The molecule has 1 fully saturated rings. The van der Waals surface area contributed by atoms with Crippen molar-refractivity contribution in [2.24, 2.45) is 0 Å². The molecule has 1 aliphatic heterocycles. The molecule has 1 rings (SSSR count). The van der Waals surface area contributed by atoms with E-state index in [9.17, 15) is 0 Å². The van der Waals surface area contributed by atoms with E-state index in [0.29, 0.717) is 0 Å². The molecule has 7 heavy (non-hydrogen) atoms. The normalized spacial score (nSPS) is 25.3. The van der Waals surface area contributed by atoms with Crippen LogP contribution in [0.1, 0.15) is 0 Å². The second kappa shape index (κ2) is 2.71. The molecular weight excluding hydrogens is 153 g/mol. The number of nitrogens with zero attached hydrogens (tertiary/aromatic N) is 1. The molecule has 0 amide bonds. The van der Waals surface area contributed by atoms with Crippen molar-refractivity contribution in [3.05, 3.63) is 0 Å². The molecule has 0 aromatic rings. The monoisotopic (exact) mass is 165 g/mol. The van der Waals surface area contributed by atoms with Crippen LogP contribution >= 0.6 is 0 Å². The second-order valence-electron chi connectivity index (χ2n) is 1.92. The van der Waals surface area contributed by atoms with Gasteiger partial charge in [0, 0.05) is 0 Å². The van der Waals surface area contributed by atoms with Gasteiger partial charge in [0.25, 0.3) is 0 Å². The summed E-state index contributed by atoms with van der Waals surface area (Å²) in [5.41, 5.74) is 0. The summed E-state index contributed by atoms with van der Waals surface area (Å²) in [5, 5.41) is 2.95. The average Bonchev–Trinajstić information content (AvgIpc) is 1.69. The van der Waals surface area contributed by atoms with Crippen molar-refractivity contribution >= 4 is 15.0 Å². The van der Waals surface area contributed by atoms with E-state index in [1.165, 1.54) is 23.7 Å². The Hall–Kier alpha value is 0.479. The quantitative estimate of drug-likeness (QED) is 0.470. The molecule has 0 N–H and O–H groups in total. The van der Waals surface area contributed by atoms with Gasteiger partial charge in [0.15, 0.2) is 0 Å². The molecular formula is C5H11NSe. The standard InChI is InChI=1S/C5H11NSe/c1-6-2-4-7-5-3-6/h2-5H2,1H3. The van der Waals surface area contributed by atoms with Crippen LogP contribution < -0.4 is 0 Å². The van der Waals surface area contributed by atoms with Crippen molar-refractivity contribution in [3.8, 4) is 0 Å². The van der Waals surface area contributed by atoms with E-state index in [2.05, 4.69) is 11.9 Å². The molecule has 0 saturated carbocycles. The number of hydrogen-bond acceptors (Lipinski definition) is 1. The summed E-state index contributed by atoms with van der Waals surface area (Å²) in [4.78, 5) is 2.41. The molecule has 0 radical (unpaired) electrons. The summed E-state index contributed by atoms with van der Waals surface area (Å²) in [6, 6.07) is 0. The summed E-state index contributed by atoms with van der Waals surface area (Å²) in [6.07, 6.45) is 0. The summed E-state index contributed by atoms with van der Waals surface area (Å²) < 4.78 is 0. The summed E-state index contributed by atoms with van der Waals surface area (Å²) in [6.45, 7) is 2.69. The first-order chi connectivity index (χ1) is 3.39. The molecule has 0 aliphatic carbocycles. The van der Waals surface area contributed by atoms with Crippen molar-refractivity contribution in [2.75, 3.05) is 20.1 Å². The van der Waals surface area contributed by atoms with Crippen LogP contribution in [0.4, 0.5) is 0 Å². The van der Waals surface area contributed by atoms with Crippen LogP contribution in [-0.4, -0.2) is 40.0 Å². The van der Waals surface area contributed by atoms with Crippen LogP contribution in [0.3, 0.4) is 0 Å². The Bertz CT molecular complexity index is 50.0. The minimum absolute atomic E-state index is 0.993. The predicted molar refractivity (Wildman–Crippen MR) is 32.9 cm³/mol. The first kappa shape index (κ1) is 5.61. The zero-order valence-electron chi connectivity index (χ0n) is 4.68. The van der Waals surface area contributed by atoms with Crippen molar-refractivity contribution in [2.45, 2.75) is 10.6 Å². The van der Waals surface area contributed by atoms with Crippen molar-refractivity contribution in [1.29, 1.82) is 0 Å². The van der Waals surface area contributed by atoms with E-state index < -0.39 is 0 Å². The third-order valence-electron chi connectivity index (χ3n) is 1.23. The molecule has 1 aliphatic rings. The zero-order valence-corrected chi connectivity index (χ0v) is 6.40. The van der Waals surface area contributed by atoms with E-state index in [1.54, 1.807) is 0 Å². The first-order valence-corrected chi connectivity index (χ1v) is 5.08. The fraction of sp³-hybridized carbons (Fsp3) is 1.00. The molecule has 0 aromatic heterocycles. The van der Waals surface area contributed by atoms with Gasteiger partial charge in [-0.3, -0.25) is 0 Å². The van der Waals surface area contributed by atoms with Crippen molar-refractivity contribution in [3.63, 3.8) is 0 Å². The molecule has 1 saturated heterocycles. The van der Waals surface area contributed by atoms with Crippen molar-refractivity contribution < 1.29 is 0 Å². The van der Waals surface area contributed by atoms with Gasteiger partial charge in [-0.1, -0.05) is 0 Å². The molecule has 0 atom stereocenters.